The Balaban J connectivity index is 2.93. The Labute approximate surface area is 109 Å². The smallest absolute Gasteiger partial charge is 0.316 e. The van der Waals surface area contributed by atoms with E-state index in [1.165, 1.54) is 0 Å². The number of hydrogen-bond acceptors (Lipinski definition) is 4. The molecule has 18 heavy (non-hydrogen) atoms. The van der Waals surface area contributed by atoms with Gasteiger partial charge in [-0.15, -0.1) is 10.2 Å². The van der Waals surface area contributed by atoms with E-state index in [1.54, 1.807) is 6.33 Å². The summed E-state index contributed by atoms with van der Waals surface area (Å²) >= 11 is 0. The van der Waals surface area contributed by atoms with E-state index in [0.717, 1.165) is 25.2 Å². The molecule has 0 amide bonds. The number of esters is 1. The average Bonchev–Trinajstić information content (AvgIpc) is 2.74. The molecule has 0 bridgehead atoms. The van der Waals surface area contributed by atoms with Crippen LogP contribution >= 0.6 is 0 Å². The fraction of sp³-hybridized carbons (Fsp3) is 0.769. The molecule has 0 saturated heterocycles. The molecule has 1 atom stereocenters. The van der Waals surface area contributed by atoms with Crippen LogP contribution in [0.2, 0.25) is 0 Å². The molecule has 1 rings (SSSR count). The largest absolute Gasteiger partial charge is 0.465 e. The van der Waals surface area contributed by atoms with Crippen molar-refractivity contribution in [3.05, 3.63) is 12.2 Å². The molecule has 5 nitrogen and oxygen atoms in total. The number of aryl methyl sites for hydroxylation is 1. The standard InChI is InChI=1S/C13H23N3O2/c1-5-7-16-9-14-15-12(16)11(8-10(3)4)13(17)18-6-2/h9-11H,5-8H2,1-4H3. The van der Waals surface area contributed by atoms with Crippen molar-refractivity contribution >= 4 is 5.97 Å². The highest BCUT2D eigenvalue weighted by atomic mass is 16.5. The van der Waals surface area contributed by atoms with Gasteiger partial charge in [-0.25, -0.2) is 0 Å². The molecular formula is C13H23N3O2. The highest BCUT2D eigenvalue weighted by Crippen LogP contribution is 2.23. The summed E-state index contributed by atoms with van der Waals surface area (Å²) in [5.41, 5.74) is 0. The van der Waals surface area contributed by atoms with Crippen molar-refractivity contribution in [3.8, 4) is 0 Å². The summed E-state index contributed by atoms with van der Waals surface area (Å²) in [5, 5.41) is 8.02. The van der Waals surface area contributed by atoms with Crippen LogP contribution in [0.25, 0.3) is 0 Å². The molecule has 0 fully saturated rings. The molecule has 0 aliphatic heterocycles. The SMILES string of the molecule is CCCn1cnnc1C(CC(C)C)C(=O)OCC. The summed E-state index contributed by atoms with van der Waals surface area (Å²) in [6, 6.07) is 0. The molecule has 0 aliphatic rings. The first-order valence-electron chi connectivity index (χ1n) is 6.64. The van der Waals surface area contributed by atoms with E-state index in [9.17, 15) is 4.79 Å². The van der Waals surface area contributed by atoms with E-state index in [4.69, 9.17) is 4.74 Å². The predicted octanol–water partition coefficient (Wildman–Crippen LogP) is 2.38. The van der Waals surface area contributed by atoms with Gasteiger partial charge in [0.2, 0.25) is 0 Å². The number of aromatic nitrogens is 3. The third-order valence-electron chi connectivity index (χ3n) is 2.70. The van der Waals surface area contributed by atoms with Gasteiger partial charge in [0.25, 0.3) is 0 Å². The topological polar surface area (TPSA) is 57.0 Å². The van der Waals surface area contributed by atoms with E-state index in [-0.39, 0.29) is 11.9 Å². The lowest BCUT2D eigenvalue weighted by molar-refractivity contribution is -0.145. The van der Waals surface area contributed by atoms with Crippen molar-refractivity contribution in [2.75, 3.05) is 6.61 Å². The molecule has 0 radical (unpaired) electrons. The Bertz CT molecular complexity index is 374. The predicted molar refractivity (Wildman–Crippen MR) is 69.1 cm³/mol. The maximum Gasteiger partial charge on any atom is 0.316 e. The zero-order valence-corrected chi connectivity index (χ0v) is 11.7. The molecule has 0 aliphatic carbocycles. The summed E-state index contributed by atoms with van der Waals surface area (Å²) in [6.45, 7) is 9.32. The van der Waals surface area contributed by atoms with E-state index >= 15 is 0 Å². The molecule has 0 N–H and O–H groups in total. The normalized spacial score (nSPS) is 12.7. The number of rotatable bonds is 7. The zero-order chi connectivity index (χ0) is 13.5. The number of hydrogen-bond donors (Lipinski definition) is 0. The summed E-state index contributed by atoms with van der Waals surface area (Å²) in [7, 11) is 0. The zero-order valence-electron chi connectivity index (χ0n) is 11.7. The molecule has 1 aromatic rings. The monoisotopic (exact) mass is 253 g/mol. The van der Waals surface area contributed by atoms with E-state index in [2.05, 4.69) is 31.0 Å². The minimum absolute atomic E-state index is 0.198. The summed E-state index contributed by atoms with van der Waals surface area (Å²) in [4.78, 5) is 12.0. The van der Waals surface area contributed by atoms with Gasteiger partial charge in [-0.05, 0) is 25.7 Å². The first-order valence-corrected chi connectivity index (χ1v) is 6.64. The second kappa shape index (κ2) is 7.13. The van der Waals surface area contributed by atoms with Crippen LogP contribution < -0.4 is 0 Å². The minimum atomic E-state index is -0.306. The number of ether oxygens (including phenoxy) is 1. The number of nitrogens with zero attached hydrogens (tertiary/aromatic N) is 3. The molecule has 1 heterocycles. The van der Waals surface area contributed by atoms with Crippen LogP contribution in [0, 0.1) is 5.92 Å². The molecule has 0 saturated carbocycles. The Morgan fingerprint density at radius 2 is 2.17 bits per heavy atom. The van der Waals surface area contributed by atoms with Crippen molar-refractivity contribution in [3.63, 3.8) is 0 Å². The second-order valence-corrected chi connectivity index (χ2v) is 4.82. The van der Waals surface area contributed by atoms with Gasteiger partial charge in [-0.2, -0.15) is 0 Å². The summed E-state index contributed by atoms with van der Waals surface area (Å²) in [5.74, 6) is 0.630. The highest BCUT2D eigenvalue weighted by molar-refractivity contribution is 5.77. The third kappa shape index (κ3) is 3.82. The van der Waals surface area contributed by atoms with Crippen molar-refractivity contribution in [1.82, 2.24) is 14.8 Å². The summed E-state index contributed by atoms with van der Waals surface area (Å²) < 4.78 is 7.09. The third-order valence-corrected chi connectivity index (χ3v) is 2.70. The minimum Gasteiger partial charge on any atom is -0.465 e. The van der Waals surface area contributed by atoms with Crippen molar-refractivity contribution < 1.29 is 9.53 Å². The average molecular weight is 253 g/mol. The van der Waals surface area contributed by atoms with Gasteiger partial charge in [-0.3, -0.25) is 4.79 Å². The maximum atomic E-state index is 12.0. The van der Waals surface area contributed by atoms with Crippen LogP contribution in [0.15, 0.2) is 6.33 Å². The number of carbonyl (C=O) groups excluding carboxylic acids is 1. The van der Waals surface area contributed by atoms with Crippen molar-refractivity contribution in [2.45, 2.75) is 53.0 Å². The lowest BCUT2D eigenvalue weighted by Gasteiger charge is -2.17. The van der Waals surface area contributed by atoms with Crippen LogP contribution in [-0.2, 0) is 16.1 Å². The van der Waals surface area contributed by atoms with Gasteiger partial charge in [0.05, 0.1) is 6.61 Å². The molecule has 1 aromatic heterocycles. The van der Waals surface area contributed by atoms with Crippen LogP contribution in [0.3, 0.4) is 0 Å². The molecule has 102 valence electrons. The van der Waals surface area contributed by atoms with Gasteiger partial charge in [0, 0.05) is 6.54 Å². The highest BCUT2D eigenvalue weighted by Gasteiger charge is 2.27. The van der Waals surface area contributed by atoms with Crippen LogP contribution in [0.5, 0.6) is 0 Å². The van der Waals surface area contributed by atoms with Gasteiger partial charge < -0.3 is 9.30 Å². The maximum absolute atomic E-state index is 12.0. The lowest BCUT2D eigenvalue weighted by atomic mass is 9.96. The second-order valence-electron chi connectivity index (χ2n) is 4.82. The Morgan fingerprint density at radius 1 is 1.44 bits per heavy atom. The van der Waals surface area contributed by atoms with Crippen LogP contribution in [0.4, 0.5) is 0 Å². The Kier molecular flexibility index (Phi) is 5.82. The fourth-order valence-corrected chi connectivity index (χ4v) is 1.97. The van der Waals surface area contributed by atoms with Gasteiger partial charge in [0.1, 0.15) is 18.1 Å². The fourth-order valence-electron chi connectivity index (χ4n) is 1.97. The Hall–Kier alpha value is -1.39. The molecule has 0 spiro atoms. The van der Waals surface area contributed by atoms with E-state index in [0.29, 0.717) is 12.5 Å². The molecule has 1 unspecified atom stereocenters. The first kappa shape index (κ1) is 14.7. The van der Waals surface area contributed by atoms with Crippen LogP contribution in [-0.4, -0.2) is 27.3 Å². The van der Waals surface area contributed by atoms with Gasteiger partial charge >= 0.3 is 5.97 Å². The molecule has 0 aromatic carbocycles. The summed E-state index contributed by atoms with van der Waals surface area (Å²) in [6.07, 6.45) is 3.41. The van der Waals surface area contributed by atoms with Crippen molar-refractivity contribution in [1.29, 1.82) is 0 Å². The quantitative estimate of drug-likeness (QED) is 0.700. The number of carbonyl (C=O) groups is 1. The molecular weight excluding hydrogens is 230 g/mol. The lowest BCUT2D eigenvalue weighted by Crippen LogP contribution is -2.21. The van der Waals surface area contributed by atoms with E-state index in [1.807, 2.05) is 11.5 Å². The Morgan fingerprint density at radius 3 is 2.72 bits per heavy atom. The van der Waals surface area contributed by atoms with Gasteiger partial charge in [0.15, 0.2) is 0 Å². The molecule has 5 heteroatoms. The first-order chi connectivity index (χ1) is 8.60. The van der Waals surface area contributed by atoms with Crippen molar-refractivity contribution in [2.24, 2.45) is 5.92 Å². The van der Waals surface area contributed by atoms with Crippen LogP contribution in [0.1, 0.15) is 52.3 Å². The van der Waals surface area contributed by atoms with E-state index < -0.39 is 0 Å². The van der Waals surface area contributed by atoms with Gasteiger partial charge in [-0.1, -0.05) is 20.8 Å².